The molecular weight excluding hydrogens is 333 g/mol. The van der Waals surface area contributed by atoms with Crippen molar-refractivity contribution in [2.45, 2.75) is 16.6 Å². The van der Waals surface area contributed by atoms with Crippen LogP contribution in [0.5, 0.6) is 5.75 Å². The molecule has 0 saturated heterocycles. The number of para-hydroxylation sites is 1. The lowest BCUT2D eigenvalue weighted by atomic mass is 10.3. The standard InChI is InChI=1S/C12H10Cl3FO4/c13-12(14,15)7-19-10(17)5-6-11(18)20-9-4-2-1-3-8(9)16/h1-4H,5-7H2. The lowest BCUT2D eigenvalue weighted by Crippen LogP contribution is -2.18. The first kappa shape index (κ1) is 17.0. The van der Waals surface area contributed by atoms with Gasteiger partial charge in [-0.25, -0.2) is 4.39 Å². The molecule has 0 aliphatic heterocycles. The van der Waals surface area contributed by atoms with Crippen molar-refractivity contribution < 1.29 is 23.5 Å². The van der Waals surface area contributed by atoms with Gasteiger partial charge in [0, 0.05) is 0 Å². The summed E-state index contributed by atoms with van der Waals surface area (Å²) in [5, 5.41) is 0. The van der Waals surface area contributed by atoms with Gasteiger partial charge in [0.25, 0.3) is 0 Å². The van der Waals surface area contributed by atoms with Crippen LogP contribution in [0, 0.1) is 5.82 Å². The molecule has 20 heavy (non-hydrogen) atoms. The highest BCUT2D eigenvalue weighted by Crippen LogP contribution is 2.26. The first-order valence-corrected chi connectivity index (χ1v) is 6.59. The molecule has 0 radical (unpaired) electrons. The first-order chi connectivity index (χ1) is 9.28. The average molecular weight is 344 g/mol. The number of benzene rings is 1. The van der Waals surface area contributed by atoms with E-state index in [1.54, 1.807) is 0 Å². The van der Waals surface area contributed by atoms with Crippen LogP contribution in [0.1, 0.15) is 12.8 Å². The molecule has 1 aromatic carbocycles. The van der Waals surface area contributed by atoms with E-state index in [2.05, 4.69) is 4.74 Å². The molecule has 0 saturated carbocycles. The summed E-state index contributed by atoms with van der Waals surface area (Å²) in [6.45, 7) is -0.418. The number of ether oxygens (including phenoxy) is 2. The Morgan fingerprint density at radius 3 is 2.30 bits per heavy atom. The molecule has 0 fully saturated rings. The second kappa shape index (κ2) is 7.67. The van der Waals surface area contributed by atoms with Gasteiger partial charge in [-0.1, -0.05) is 46.9 Å². The maximum absolute atomic E-state index is 13.2. The molecule has 0 aliphatic rings. The van der Waals surface area contributed by atoms with Gasteiger partial charge in [0.1, 0.15) is 6.61 Å². The highest BCUT2D eigenvalue weighted by Gasteiger charge is 2.22. The second-order valence-corrected chi connectivity index (χ2v) is 6.20. The summed E-state index contributed by atoms with van der Waals surface area (Å²) >= 11 is 16.2. The van der Waals surface area contributed by atoms with Crippen molar-refractivity contribution in [3.05, 3.63) is 30.1 Å². The van der Waals surface area contributed by atoms with Crippen LogP contribution >= 0.6 is 34.8 Å². The molecule has 0 bridgehead atoms. The Hall–Kier alpha value is -1.04. The third kappa shape index (κ3) is 6.93. The van der Waals surface area contributed by atoms with E-state index in [0.717, 1.165) is 6.07 Å². The topological polar surface area (TPSA) is 52.6 Å². The van der Waals surface area contributed by atoms with Crippen LogP contribution in [0.4, 0.5) is 4.39 Å². The Balaban J connectivity index is 2.33. The fourth-order valence-corrected chi connectivity index (χ4v) is 1.30. The van der Waals surface area contributed by atoms with E-state index in [4.69, 9.17) is 39.5 Å². The predicted molar refractivity (Wildman–Crippen MR) is 72.5 cm³/mol. The SMILES string of the molecule is O=C(CCC(=O)Oc1ccccc1F)OCC(Cl)(Cl)Cl. The number of esters is 2. The van der Waals surface area contributed by atoms with E-state index < -0.39 is 28.2 Å². The summed E-state index contributed by atoms with van der Waals surface area (Å²) in [6.07, 6.45) is -0.527. The zero-order valence-corrected chi connectivity index (χ0v) is 12.3. The van der Waals surface area contributed by atoms with Crippen LogP contribution in [-0.2, 0) is 14.3 Å². The molecule has 1 aromatic rings. The third-order valence-electron chi connectivity index (χ3n) is 1.99. The maximum Gasteiger partial charge on any atom is 0.311 e. The number of carbonyl (C=O) groups excluding carboxylic acids is 2. The highest BCUT2D eigenvalue weighted by atomic mass is 35.6. The Bertz CT molecular complexity index is 488. The lowest BCUT2D eigenvalue weighted by molar-refractivity contribution is -0.146. The Morgan fingerprint density at radius 2 is 1.70 bits per heavy atom. The van der Waals surface area contributed by atoms with Gasteiger partial charge in [0.2, 0.25) is 3.79 Å². The van der Waals surface area contributed by atoms with E-state index in [-0.39, 0.29) is 18.6 Å². The zero-order valence-electron chi connectivity index (χ0n) is 10.1. The van der Waals surface area contributed by atoms with Gasteiger partial charge in [0.05, 0.1) is 12.8 Å². The van der Waals surface area contributed by atoms with E-state index in [0.29, 0.717) is 0 Å². The number of hydrogen-bond acceptors (Lipinski definition) is 4. The van der Waals surface area contributed by atoms with Crippen LogP contribution < -0.4 is 4.74 Å². The molecular formula is C12H10Cl3FO4. The largest absolute Gasteiger partial charge is 0.461 e. The molecule has 0 spiro atoms. The van der Waals surface area contributed by atoms with E-state index in [1.807, 2.05) is 0 Å². The smallest absolute Gasteiger partial charge is 0.311 e. The fraction of sp³-hybridized carbons (Fsp3) is 0.333. The minimum atomic E-state index is -1.71. The van der Waals surface area contributed by atoms with E-state index in [9.17, 15) is 14.0 Å². The van der Waals surface area contributed by atoms with Gasteiger partial charge in [-0.05, 0) is 12.1 Å². The van der Waals surface area contributed by atoms with Crippen molar-refractivity contribution in [2.75, 3.05) is 6.61 Å². The summed E-state index contributed by atoms with van der Waals surface area (Å²) in [6, 6.07) is 5.42. The van der Waals surface area contributed by atoms with Crippen LogP contribution in [0.25, 0.3) is 0 Å². The van der Waals surface area contributed by atoms with Gasteiger partial charge in [-0.15, -0.1) is 0 Å². The molecule has 0 aliphatic carbocycles. The minimum Gasteiger partial charge on any atom is -0.461 e. The van der Waals surface area contributed by atoms with Crippen LogP contribution in [0.2, 0.25) is 0 Å². The molecule has 0 amide bonds. The summed E-state index contributed by atoms with van der Waals surface area (Å²) < 4.78 is 20.8. The number of alkyl halides is 3. The van der Waals surface area contributed by atoms with Gasteiger partial charge >= 0.3 is 11.9 Å². The predicted octanol–water partition coefficient (Wildman–Crippen LogP) is 3.42. The summed E-state index contributed by atoms with van der Waals surface area (Å²) in [5.74, 6) is -2.35. The average Bonchev–Trinajstić information content (AvgIpc) is 2.36. The molecule has 0 unspecified atom stereocenters. The summed E-state index contributed by atoms with van der Waals surface area (Å²) in [7, 11) is 0. The molecule has 0 aromatic heterocycles. The quantitative estimate of drug-likeness (QED) is 0.467. The lowest BCUT2D eigenvalue weighted by Gasteiger charge is -2.11. The van der Waals surface area contributed by atoms with Crippen molar-refractivity contribution in [3.8, 4) is 5.75 Å². The number of rotatable bonds is 5. The maximum atomic E-state index is 13.2. The molecule has 0 N–H and O–H groups in total. The fourth-order valence-electron chi connectivity index (χ4n) is 1.14. The minimum absolute atomic E-state index is 0.202. The molecule has 8 heteroatoms. The Morgan fingerprint density at radius 1 is 1.10 bits per heavy atom. The second-order valence-electron chi connectivity index (χ2n) is 3.68. The van der Waals surface area contributed by atoms with E-state index >= 15 is 0 Å². The molecule has 0 atom stereocenters. The van der Waals surface area contributed by atoms with Crippen molar-refractivity contribution in [1.82, 2.24) is 0 Å². The van der Waals surface area contributed by atoms with Crippen molar-refractivity contribution in [3.63, 3.8) is 0 Å². The number of hydrogen-bond donors (Lipinski definition) is 0. The summed E-state index contributed by atoms with van der Waals surface area (Å²) in [4.78, 5) is 22.6. The zero-order chi connectivity index (χ0) is 15.2. The van der Waals surface area contributed by atoms with Crippen LogP contribution in [0.15, 0.2) is 24.3 Å². The summed E-state index contributed by atoms with van der Waals surface area (Å²) in [5.41, 5.74) is 0. The normalized spacial score (nSPS) is 11.0. The van der Waals surface area contributed by atoms with Crippen molar-refractivity contribution >= 4 is 46.7 Å². The van der Waals surface area contributed by atoms with Gasteiger partial charge < -0.3 is 9.47 Å². The van der Waals surface area contributed by atoms with E-state index in [1.165, 1.54) is 18.2 Å². The van der Waals surface area contributed by atoms with Crippen molar-refractivity contribution in [2.24, 2.45) is 0 Å². The Labute approximate surface area is 129 Å². The Kier molecular flexibility index (Phi) is 6.52. The molecule has 110 valence electrons. The number of halogens is 4. The molecule has 1 rings (SSSR count). The first-order valence-electron chi connectivity index (χ1n) is 5.45. The van der Waals surface area contributed by atoms with Crippen LogP contribution in [0.3, 0.4) is 0 Å². The monoisotopic (exact) mass is 342 g/mol. The molecule has 0 heterocycles. The van der Waals surface area contributed by atoms with Gasteiger partial charge in [0.15, 0.2) is 11.6 Å². The van der Waals surface area contributed by atoms with Gasteiger partial charge in [-0.3, -0.25) is 9.59 Å². The highest BCUT2D eigenvalue weighted by molar-refractivity contribution is 6.67. The molecule has 4 nitrogen and oxygen atoms in total. The number of carbonyl (C=O) groups is 2. The third-order valence-corrected chi connectivity index (χ3v) is 2.32. The van der Waals surface area contributed by atoms with Crippen LogP contribution in [-0.4, -0.2) is 22.3 Å². The van der Waals surface area contributed by atoms with Crippen molar-refractivity contribution in [1.29, 1.82) is 0 Å². The van der Waals surface area contributed by atoms with Gasteiger partial charge in [-0.2, -0.15) is 0 Å².